The fraction of sp³-hybridized carbons (Fsp3) is 0.300. The first kappa shape index (κ1) is 29.1. The van der Waals surface area contributed by atoms with Crippen molar-refractivity contribution in [2.24, 2.45) is 0 Å². The molecule has 0 radical (unpaired) electrons. The molecule has 1 unspecified atom stereocenters. The lowest BCUT2D eigenvalue weighted by Crippen LogP contribution is -2.10. The molecule has 0 bridgehead atoms. The fourth-order valence-electron chi connectivity index (χ4n) is 6.06. The van der Waals surface area contributed by atoms with Gasteiger partial charge in [0, 0.05) is 10.2 Å². The molecule has 0 nitrogen and oxygen atoms in total. The lowest BCUT2D eigenvalue weighted by atomic mass is 9.86. The summed E-state index contributed by atoms with van der Waals surface area (Å²) in [5.74, 6) is 0. The molecule has 4 aromatic carbocycles. The van der Waals surface area contributed by atoms with Crippen LogP contribution in [0.2, 0.25) is 0 Å². The molecule has 0 aromatic heterocycles. The zero-order valence-corrected chi connectivity index (χ0v) is 28.5. The monoisotopic (exact) mass is 554 g/mol. The van der Waals surface area contributed by atoms with E-state index >= 15 is 0 Å². The predicted molar refractivity (Wildman–Crippen MR) is 185 cm³/mol. The summed E-state index contributed by atoms with van der Waals surface area (Å²) in [6.07, 6.45) is 5.82. The Labute approximate surface area is 251 Å². The number of hydrogen-bond donors (Lipinski definition) is 0. The lowest BCUT2D eigenvalue weighted by Gasteiger charge is -2.19. The van der Waals surface area contributed by atoms with Gasteiger partial charge < -0.3 is 0 Å². The van der Waals surface area contributed by atoms with Crippen molar-refractivity contribution in [1.29, 1.82) is 0 Å². The number of allylic oxidation sites excluding steroid dienone is 2. The van der Waals surface area contributed by atoms with Gasteiger partial charge in [0.2, 0.25) is 0 Å². The predicted octanol–water partition coefficient (Wildman–Crippen LogP) is 10.1. The van der Waals surface area contributed by atoms with Crippen molar-refractivity contribution >= 4 is 22.4 Å². The zero-order chi connectivity index (χ0) is 29.5. The average Bonchev–Trinajstić information content (AvgIpc) is 3.46. The molecular weight excluding hydrogens is 509 g/mol. The summed E-state index contributed by atoms with van der Waals surface area (Å²) >= 11 is 0. The SMILES string of the molecule is CC1=Cc2c(-c3ccc(C(C)(C)C)cc3)cccc2C1[SiH3].CC1=Cc2c(cccc2-c2ccc(C(C)(C)C)cc2)C1. The van der Waals surface area contributed by atoms with Gasteiger partial charge in [-0.15, -0.1) is 0 Å². The Hall–Kier alpha value is -3.42. The smallest absolute Gasteiger partial charge is 0.0174 e. The molecule has 0 saturated heterocycles. The Morgan fingerprint density at radius 1 is 0.585 bits per heavy atom. The third-order valence-corrected chi connectivity index (χ3v) is 10.4. The highest BCUT2D eigenvalue weighted by Crippen LogP contribution is 2.40. The second-order valence-electron chi connectivity index (χ2n) is 14.1. The Balaban J connectivity index is 0.000000165. The molecule has 6 rings (SSSR count). The summed E-state index contributed by atoms with van der Waals surface area (Å²) in [5.41, 5.74) is 18.1. The summed E-state index contributed by atoms with van der Waals surface area (Å²) in [5, 5.41) is 0. The van der Waals surface area contributed by atoms with Crippen molar-refractivity contribution in [3.63, 3.8) is 0 Å². The van der Waals surface area contributed by atoms with Crippen molar-refractivity contribution in [3.8, 4) is 22.3 Å². The first-order chi connectivity index (χ1) is 19.3. The molecule has 4 aromatic rings. The zero-order valence-electron chi connectivity index (χ0n) is 26.5. The Bertz CT molecular complexity index is 1610. The van der Waals surface area contributed by atoms with Crippen LogP contribution in [0, 0.1) is 0 Å². The van der Waals surface area contributed by atoms with Crippen LogP contribution < -0.4 is 0 Å². The van der Waals surface area contributed by atoms with E-state index in [1.165, 1.54) is 77.0 Å². The minimum atomic E-state index is 0.216. The molecule has 0 saturated carbocycles. The van der Waals surface area contributed by atoms with Gasteiger partial charge in [-0.05, 0) is 92.3 Å². The van der Waals surface area contributed by atoms with Crippen LogP contribution >= 0.6 is 0 Å². The topological polar surface area (TPSA) is 0 Å². The number of fused-ring (bicyclic) bond motifs is 2. The molecule has 2 aliphatic carbocycles. The van der Waals surface area contributed by atoms with E-state index < -0.39 is 0 Å². The molecule has 0 aliphatic heterocycles. The standard InChI is InChI=1S/C20H24Si.C20H22/c1-13-12-18-16(6-5-7-17(18)19(13)21)14-8-10-15(11-9-14)20(2,3)4;1-14-12-16-6-5-7-18(19(16)13-14)15-8-10-17(11-9-15)20(2,3)4/h5-12,19H,1-4,21H3;5-11,13H,12H2,1-4H3. The second kappa shape index (κ2) is 11.1. The van der Waals surface area contributed by atoms with Crippen molar-refractivity contribution in [3.05, 3.63) is 129 Å². The van der Waals surface area contributed by atoms with Crippen LogP contribution in [0.1, 0.15) is 94.3 Å². The third-order valence-electron chi connectivity index (χ3n) is 8.84. The van der Waals surface area contributed by atoms with E-state index in [2.05, 4.69) is 152 Å². The molecule has 0 fully saturated rings. The van der Waals surface area contributed by atoms with E-state index in [1.807, 2.05) is 0 Å². The summed E-state index contributed by atoms with van der Waals surface area (Å²) < 4.78 is 0. The highest BCUT2D eigenvalue weighted by Gasteiger charge is 2.21. The number of hydrogen-bond acceptors (Lipinski definition) is 0. The third kappa shape index (κ3) is 6.11. The number of rotatable bonds is 2. The van der Waals surface area contributed by atoms with Gasteiger partial charge in [-0.2, -0.15) is 0 Å². The van der Waals surface area contributed by atoms with E-state index in [-0.39, 0.29) is 10.8 Å². The lowest BCUT2D eigenvalue weighted by molar-refractivity contribution is 0.590. The molecule has 1 atom stereocenters. The van der Waals surface area contributed by atoms with E-state index in [4.69, 9.17) is 0 Å². The van der Waals surface area contributed by atoms with Crippen LogP contribution in [0.4, 0.5) is 0 Å². The molecule has 41 heavy (non-hydrogen) atoms. The molecule has 1 heteroatoms. The van der Waals surface area contributed by atoms with Crippen LogP contribution in [-0.4, -0.2) is 10.2 Å². The maximum atomic E-state index is 2.39. The minimum absolute atomic E-state index is 0.216. The van der Waals surface area contributed by atoms with Gasteiger partial charge in [-0.25, -0.2) is 0 Å². The summed E-state index contributed by atoms with van der Waals surface area (Å²) in [4.78, 5) is 0. The van der Waals surface area contributed by atoms with Gasteiger partial charge in [-0.3, -0.25) is 0 Å². The second-order valence-corrected chi connectivity index (χ2v) is 15.3. The molecular formula is C40H46Si. The van der Waals surface area contributed by atoms with E-state index in [0.717, 1.165) is 6.42 Å². The first-order valence-electron chi connectivity index (χ1n) is 15.1. The summed E-state index contributed by atoms with van der Waals surface area (Å²) in [6.45, 7) is 18.1. The molecule has 210 valence electrons. The van der Waals surface area contributed by atoms with Crippen LogP contribution in [0.15, 0.2) is 96.1 Å². The molecule has 0 spiro atoms. The number of benzene rings is 4. The quantitative estimate of drug-likeness (QED) is 0.216. The normalized spacial score (nSPS) is 16.0. The van der Waals surface area contributed by atoms with Crippen LogP contribution in [0.25, 0.3) is 34.4 Å². The maximum absolute atomic E-state index is 2.39. The van der Waals surface area contributed by atoms with Crippen molar-refractivity contribution in [1.82, 2.24) is 0 Å². The van der Waals surface area contributed by atoms with Gasteiger partial charge in [0.1, 0.15) is 0 Å². The Morgan fingerprint density at radius 2 is 1.07 bits per heavy atom. The van der Waals surface area contributed by atoms with Crippen molar-refractivity contribution in [2.75, 3.05) is 0 Å². The van der Waals surface area contributed by atoms with Gasteiger partial charge in [0.25, 0.3) is 0 Å². The van der Waals surface area contributed by atoms with Gasteiger partial charge >= 0.3 is 0 Å². The van der Waals surface area contributed by atoms with Gasteiger partial charge in [0.05, 0.1) is 0 Å². The van der Waals surface area contributed by atoms with Gasteiger partial charge in [0.15, 0.2) is 0 Å². The van der Waals surface area contributed by atoms with Crippen molar-refractivity contribution < 1.29 is 0 Å². The molecule has 0 N–H and O–H groups in total. The van der Waals surface area contributed by atoms with Crippen LogP contribution in [-0.2, 0) is 17.3 Å². The highest BCUT2D eigenvalue weighted by atomic mass is 28.1. The van der Waals surface area contributed by atoms with Crippen LogP contribution in [0.3, 0.4) is 0 Å². The van der Waals surface area contributed by atoms with E-state index in [9.17, 15) is 0 Å². The largest absolute Gasteiger partial charge is 0.0689 e. The Morgan fingerprint density at radius 3 is 1.59 bits per heavy atom. The average molecular weight is 555 g/mol. The van der Waals surface area contributed by atoms with E-state index in [1.54, 1.807) is 0 Å². The minimum Gasteiger partial charge on any atom is -0.0689 e. The van der Waals surface area contributed by atoms with E-state index in [0.29, 0.717) is 5.54 Å². The Kier molecular flexibility index (Phi) is 7.87. The molecule has 2 aliphatic rings. The fourth-order valence-corrected chi connectivity index (χ4v) is 6.73. The summed E-state index contributed by atoms with van der Waals surface area (Å²) in [6, 6.07) is 31.6. The molecule has 0 heterocycles. The van der Waals surface area contributed by atoms with Crippen molar-refractivity contribution in [2.45, 2.75) is 78.2 Å². The van der Waals surface area contributed by atoms with Gasteiger partial charge in [-0.1, -0.05) is 150 Å². The summed E-state index contributed by atoms with van der Waals surface area (Å²) in [7, 11) is 1.20. The van der Waals surface area contributed by atoms with Crippen LogP contribution in [0.5, 0.6) is 0 Å². The maximum Gasteiger partial charge on any atom is 0.0174 e. The highest BCUT2D eigenvalue weighted by molar-refractivity contribution is 6.16. The molecule has 0 amide bonds. The first-order valence-corrected chi connectivity index (χ1v) is 16.3.